The molecule has 3 N–H and O–H groups in total. The van der Waals surface area contributed by atoms with Crippen LogP contribution in [0.15, 0.2) is 21.9 Å². The van der Waals surface area contributed by atoms with Gasteiger partial charge in [0, 0.05) is 6.04 Å². The van der Waals surface area contributed by atoms with E-state index >= 15 is 0 Å². The van der Waals surface area contributed by atoms with Crippen LogP contribution in [0.5, 0.6) is 0 Å². The largest absolute Gasteiger partial charge is 0.357 e. The monoisotopic (exact) mass is 397 g/mol. The number of amides is 2. The van der Waals surface area contributed by atoms with Crippen molar-refractivity contribution in [3.05, 3.63) is 22.4 Å². The number of anilines is 1. The van der Waals surface area contributed by atoms with Gasteiger partial charge < -0.3 is 5.32 Å². The minimum Gasteiger partial charge on any atom is -0.357 e. The number of nitrogens with one attached hydrogen (secondary N) is 3. The molecular formula is C15H19N5O2S3. The Morgan fingerprint density at radius 3 is 2.80 bits per heavy atom. The minimum absolute atomic E-state index is 0.169. The first-order chi connectivity index (χ1) is 12.2. The molecule has 0 saturated heterocycles. The van der Waals surface area contributed by atoms with E-state index in [9.17, 15) is 9.59 Å². The fourth-order valence-corrected chi connectivity index (χ4v) is 4.75. The van der Waals surface area contributed by atoms with Crippen molar-refractivity contribution in [3.63, 3.8) is 0 Å². The summed E-state index contributed by atoms with van der Waals surface area (Å²) < 4.78 is 0.734. The Morgan fingerprint density at radius 2 is 2.04 bits per heavy atom. The highest BCUT2D eigenvalue weighted by Crippen LogP contribution is 2.28. The van der Waals surface area contributed by atoms with Crippen LogP contribution in [0.4, 0.5) is 5.13 Å². The molecule has 134 valence electrons. The van der Waals surface area contributed by atoms with Gasteiger partial charge in [-0.05, 0) is 24.3 Å². The molecule has 0 aliphatic heterocycles. The van der Waals surface area contributed by atoms with Gasteiger partial charge in [0.2, 0.25) is 11.0 Å². The Labute approximate surface area is 158 Å². The van der Waals surface area contributed by atoms with Crippen LogP contribution in [-0.2, 0) is 4.79 Å². The van der Waals surface area contributed by atoms with Crippen molar-refractivity contribution in [1.29, 1.82) is 0 Å². The first kappa shape index (κ1) is 18.2. The van der Waals surface area contributed by atoms with Crippen LogP contribution in [0.2, 0.25) is 0 Å². The van der Waals surface area contributed by atoms with Gasteiger partial charge >= 0.3 is 0 Å². The minimum atomic E-state index is -0.316. The third-order valence-corrected chi connectivity index (χ3v) is 6.58. The highest BCUT2D eigenvalue weighted by Gasteiger charge is 2.16. The Morgan fingerprint density at radius 1 is 1.20 bits per heavy atom. The average Bonchev–Trinajstić information content (AvgIpc) is 3.31. The van der Waals surface area contributed by atoms with Crippen LogP contribution in [0.25, 0.3) is 0 Å². The van der Waals surface area contributed by atoms with Gasteiger partial charge in [-0.15, -0.1) is 21.5 Å². The summed E-state index contributed by atoms with van der Waals surface area (Å²) in [5.74, 6) is -0.432. The molecule has 1 fully saturated rings. The van der Waals surface area contributed by atoms with Crippen molar-refractivity contribution >= 4 is 51.4 Å². The van der Waals surface area contributed by atoms with Gasteiger partial charge in [0.05, 0.1) is 10.6 Å². The number of nitrogens with zero attached hydrogens (tertiary/aromatic N) is 2. The lowest BCUT2D eigenvalue weighted by Crippen LogP contribution is -2.42. The first-order valence-electron chi connectivity index (χ1n) is 8.06. The summed E-state index contributed by atoms with van der Waals surface area (Å²) in [6.45, 7) is 0. The van der Waals surface area contributed by atoms with Crippen LogP contribution in [-0.4, -0.2) is 33.8 Å². The van der Waals surface area contributed by atoms with Crippen molar-refractivity contribution in [2.45, 2.75) is 42.5 Å². The number of aromatic nitrogens is 2. The van der Waals surface area contributed by atoms with Crippen molar-refractivity contribution in [3.8, 4) is 0 Å². The SMILES string of the molecule is O=C(CSc1nnc(NC2CCCCC2)s1)NNC(=O)c1cccs1. The number of thiophene rings is 1. The number of hydrogen-bond acceptors (Lipinski definition) is 8. The lowest BCUT2D eigenvalue weighted by molar-refractivity contribution is -0.119. The van der Waals surface area contributed by atoms with E-state index in [0.29, 0.717) is 10.9 Å². The predicted octanol–water partition coefficient (Wildman–Crippen LogP) is 2.90. The normalized spacial score (nSPS) is 14.9. The van der Waals surface area contributed by atoms with E-state index in [1.807, 2.05) is 0 Å². The fraction of sp³-hybridized carbons (Fsp3) is 0.467. The molecule has 2 amide bonds. The second-order valence-corrected chi connectivity index (χ2v) is 8.77. The smallest absolute Gasteiger partial charge is 0.279 e. The van der Waals surface area contributed by atoms with E-state index in [1.54, 1.807) is 17.5 Å². The molecular weight excluding hydrogens is 378 g/mol. The fourth-order valence-electron chi connectivity index (χ4n) is 2.51. The van der Waals surface area contributed by atoms with E-state index < -0.39 is 0 Å². The van der Waals surface area contributed by atoms with Crippen molar-refractivity contribution < 1.29 is 9.59 Å². The third kappa shape index (κ3) is 5.68. The van der Waals surface area contributed by atoms with Gasteiger partial charge in [-0.1, -0.05) is 48.4 Å². The zero-order valence-corrected chi connectivity index (χ0v) is 15.9. The molecule has 1 aliphatic rings. The number of thioether (sulfide) groups is 1. The molecule has 2 aromatic heterocycles. The Hall–Kier alpha value is -1.65. The van der Waals surface area contributed by atoms with Crippen LogP contribution in [0, 0.1) is 0 Å². The zero-order chi connectivity index (χ0) is 17.5. The highest BCUT2D eigenvalue weighted by atomic mass is 32.2. The van der Waals surface area contributed by atoms with Gasteiger partial charge in [-0.3, -0.25) is 20.4 Å². The standard InChI is InChI=1S/C15H19N5O2S3/c21-12(17-18-13(22)11-7-4-8-23-11)9-24-15-20-19-14(25-15)16-10-5-2-1-3-6-10/h4,7-8,10H,1-3,5-6,9H2,(H,16,19)(H,17,21)(H,18,22). The third-order valence-electron chi connectivity index (χ3n) is 3.73. The Kier molecular flexibility index (Phi) is 6.65. The molecule has 0 aromatic carbocycles. The summed E-state index contributed by atoms with van der Waals surface area (Å²) in [5, 5.41) is 14.3. The van der Waals surface area contributed by atoms with Crippen molar-refractivity contribution in [2.24, 2.45) is 0 Å². The van der Waals surface area contributed by atoms with E-state index in [-0.39, 0.29) is 17.6 Å². The lowest BCUT2D eigenvalue weighted by atomic mass is 9.96. The van der Waals surface area contributed by atoms with Crippen molar-refractivity contribution in [2.75, 3.05) is 11.1 Å². The zero-order valence-electron chi connectivity index (χ0n) is 13.5. The quantitative estimate of drug-likeness (QED) is 0.512. The molecule has 2 heterocycles. The van der Waals surface area contributed by atoms with Gasteiger partial charge in [0.15, 0.2) is 4.34 Å². The maximum Gasteiger partial charge on any atom is 0.279 e. The van der Waals surface area contributed by atoms with Gasteiger partial charge in [0.1, 0.15) is 0 Å². The first-order valence-corrected chi connectivity index (χ1v) is 10.7. The number of rotatable bonds is 6. The van der Waals surface area contributed by atoms with Gasteiger partial charge in [-0.2, -0.15) is 0 Å². The number of carbonyl (C=O) groups excluding carboxylic acids is 2. The molecule has 0 radical (unpaired) electrons. The summed E-state index contributed by atoms with van der Waals surface area (Å²) >= 11 is 4.08. The molecule has 10 heteroatoms. The van der Waals surface area contributed by atoms with Gasteiger partial charge in [-0.25, -0.2) is 0 Å². The second kappa shape index (κ2) is 9.16. The summed E-state index contributed by atoms with van der Waals surface area (Å²) in [6, 6.07) is 3.96. The van der Waals surface area contributed by atoms with Crippen molar-refractivity contribution in [1.82, 2.24) is 21.0 Å². The van der Waals surface area contributed by atoms with E-state index in [2.05, 4.69) is 26.4 Å². The molecule has 3 rings (SSSR count). The molecule has 1 aliphatic carbocycles. The molecule has 1 saturated carbocycles. The summed E-state index contributed by atoms with van der Waals surface area (Å²) in [5.41, 5.74) is 4.80. The van der Waals surface area contributed by atoms with E-state index in [0.717, 1.165) is 9.47 Å². The maximum absolute atomic E-state index is 11.8. The topological polar surface area (TPSA) is 96.0 Å². The van der Waals surface area contributed by atoms with Gasteiger partial charge in [0.25, 0.3) is 5.91 Å². The molecule has 0 atom stereocenters. The number of carbonyl (C=O) groups is 2. The number of hydrazine groups is 1. The maximum atomic E-state index is 11.8. The number of hydrogen-bond donors (Lipinski definition) is 3. The predicted molar refractivity (Wildman–Crippen MR) is 101 cm³/mol. The Balaban J connectivity index is 1.38. The molecule has 25 heavy (non-hydrogen) atoms. The molecule has 0 unspecified atom stereocenters. The van der Waals surface area contributed by atoms with Crippen LogP contribution in [0.3, 0.4) is 0 Å². The summed E-state index contributed by atoms with van der Waals surface area (Å²) in [7, 11) is 0. The second-order valence-electron chi connectivity index (χ2n) is 5.62. The van der Waals surface area contributed by atoms with Crippen LogP contribution < -0.4 is 16.2 Å². The van der Waals surface area contributed by atoms with Crippen LogP contribution >= 0.6 is 34.4 Å². The molecule has 7 nitrogen and oxygen atoms in total. The van der Waals surface area contributed by atoms with Crippen LogP contribution in [0.1, 0.15) is 41.8 Å². The van der Waals surface area contributed by atoms with E-state index in [4.69, 9.17) is 0 Å². The summed E-state index contributed by atoms with van der Waals surface area (Å²) in [4.78, 5) is 24.1. The van der Waals surface area contributed by atoms with E-state index in [1.165, 1.54) is 66.5 Å². The Bertz CT molecular complexity index is 698. The average molecular weight is 398 g/mol. The molecule has 0 bridgehead atoms. The molecule has 0 spiro atoms. The lowest BCUT2D eigenvalue weighted by Gasteiger charge is -2.21. The summed E-state index contributed by atoms with van der Waals surface area (Å²) in [6.07, 6.45) is 6.18. The highest BCUT2D eigenvalue weighted by molar-refractivity contribution is 8.01. The molecule has 2 aromatic rings.